The first-order valence-corrected chi connectivity index (χ1v) is 4.90. The lowest BCUT2D eigenvalue weighted by molar-refractivity contribution is 0.176. The highest BCUT2D eigenvalue weighted by atomic mass is 16.6. The van der Waals surface area contributed by atoms with Crippen LogP contribution >= 0.6 is 0 Å². The Morgan fingerprint density at radius 1 is 1.31 bits per heavy atom. The third-order valence-electron chi connectivity index (χ3n) is 2.49. The summed E-state index contributed by atoms with van der Waals surface area (Å²) >= 11 is 0. The van der Waals surface area contributed by atoms with E-state index in [0.29, 0.717) is 11.5 Å². The van der Waals surface area contributed by atoms with E-state index in [4.69, 9.17) is 14.2 Å². The number of hydrogen-bond donors (Lipinski definition) is 1. The molecule has 1 aliphatic heterocycles. The quantitative estimate of drug-likeness (QED) is 0.843. The fourth-order valence-electron chi connectivity index (χ4n) is 1.76. The molecule has 0 radical (unpaired) electrons. The molecule has 0 unspecified atom stereocenters. The highest BCUT2D eigenvalue weighted by Gasteiger charge is 2.29. The van der Waals surface area contributed by atoms with Crippen molar-refractivity contribution in [1.29, 1.82) is 0 Å². The van der Waals surface area contributed by atoms with Crippen LogP contribution in [0.15, 0.2) is 18.2 Å². The predicted octanol–water partition coefficient (Wildman–Crippen LogP) is 1.48. The number of ether oxygens (including phenoxy) is 3. The molecular formula is C11H13NO4. The van der Waals surface area contributed by atoms with Crippen molar-refractivity contribution in [2.24, 2.45) is 0 Å². The van der Waals surface area contributed by atoms with Crippen molar-refractivity contribution in [1.82, 2.24) is 5.32 Å². The van der Waals surface area contributed by atoms with Crippen LogP contribution in [-0.2, 0) is 4.74 Å². The molecule has 86 valence electrons. The molecule has 5 heteroatoms. The van der Waals surface area contributed by atoms with E-state index in [1.807, 2.05) is 18.2 Å². The van der Waals surface area contributed by atoms with Gasteiger partial charge in [-0.25, -0.2) is 4.79 Å². The van der Waals surface area contributed by atoms with E-state index in [9.17, 15) is 4.79 Å². The van der Waals surface area contributed by atoms with Crippen LogP contribution < -0.4 is 14.8 Å². The van der Waals surface area contributed by atoms with Gasteiger partial charge in [0.15, 0.2) is 0 Å². The molecule has 1 N–H and O–H groups in total. The molecule has 5 nitrogen and oxygen atoms in total. The average Bonchev–Trinajstić information content (AvgIpc) is 2.74. The van der Waals surface area contributed by atoms with Crippen molar-refractivity contribution in [3.63, 3.8) is 0 Å². The van der Waals surface area contributed by atoms with Gasteiger partial charge in [-0.05, 0) is 12.1 Å². The van der Waals surface area contributed by atoms with Crippen LogP contribution in [0.4, 0.5) is 4.79 Å². The summed E-state index contributed by atoms with van der Waals surface area (Å²) in [7, 11) is 3.16. The maximum atomic E-state index is 11.0. The van der Waals surface area contributed by atoms with E-state index in [1.54, 1.807) is 14.2 Å². The van der Waals surface area contributed by atoms with E-state index in [0.717, 1.165) is 5.56 Å². The molecule has 1 amide bonds. The first-order chi connectivity index (χ1) is 7.76. The molecule has 1 saturated heterocycles. The molecule has 16 heavy (non-hydrogen) atoms. The molecule has 1 atom stereocenters. The van der Waals surface area contributed by atoms with Gasteiger partial charge in [0.25, 0.3) is 0 Å². The van der Waals surface area contributed by atoms with Crippen molar-refractivity contribution in [3.05, 3.63) is 23.8 Å². The highest BCUT2D eigenvalue weighted by Crippen LogP contribution is 2.35. The zero-order valence-corrected chi connectivity index (χ0v) is 9.15. The molecular weight excluding hydrogens is 210 g/mol. The first kappa shape index (κ1) is 10.6. The Hall–Kier alpha value is -1.91. The Bertz CT molecular complexity index is 383. The summed E-state index contributed by atoms with van der Waals surface area (Å²) in [6.07, 6.45) is -0.419. The second-order valence-electron chi connectivity index (χ2n) is 3.37. The van der Waals surface area contributed by atoms with Gasteiger partial charge in [-0.15, -0.1) is 0 Å². The second-order valence-corrected chi connectivity index (χ2v) is 3.37. The standard InChI is InChI=1S/C11H13NO4/c1-14-8-4-3-5-9(15-2)10(8)7-6-16-11(13)12-7/h3-5,7H,6H2,1-2H3,(H,12,13)/t7-/m1/s1. The molecule has 0 aromatic heterocycles. The van der Waals surface area contributed by atoms with Crippen LogP contribution in [0.2, 0.25) is 0 Å². The van der Waals surface area contributed by atoms with Crippen LogP contribution in [0.1, 0.15) is 11.6 Å². The van der Waals surface area contributed by atoms with Gasteiger partial charge in [-0.2, -0.15) is 0 Å². The third-order valence-corrected chi connectivity index (χ3v) is 2.49. The number of amides is 1. The van der Waals surface area contributed by atoms with Crippen LogP contribution in [-0.4, -0.2) is 26.9 Å². The van der Waals surface area contributed by atoms with Gasteiger partial charge >= 0.3 is 6.09 Å². The van der Waals surface area contributed by atoms with E-state index in [2.05, 4.69) is 5.32 Å². The summed E-state index contributed by atoms with van der Waals surface area (Å²) in [4.78, 5) is 11.0. The Morgan fingerprint density at radius 3 is 2.38 bits per heavy atom. The van der Waals surface area contributed by atoms with Crippen molar-refractivity contribution in [2.75, 3.05) is 20.8 Å². The van der Waals surface area contributed by atoms with Crippen LogP contribution in [0.5, 0.6) is 11.5 Å². The normalized spacial score (nSPS) is 18.9. The summed E-state index contributed by atoms with van der Waals surface area (Å²) in [6, 6.07) is 5.25. The summed E-state index contributed by atoms with van der Waals surface area (Å²) < 4.78 is 15.4. The van der Waals surface area contributed by atoms with Crippen molar-refractivity contribution in [2.45, 2.75) is 6.04 Å². The number of carbonyl (C=O) groups is 1. The van der Waals surface area contributed by atoms with Crippen LogP contribution in [0, 0.1) is 0 Å². The number of nitrogens with one attached hydrogen (secondary N) is 1. The van der Waals surface area contributed by atoms with E-state index >= 15 is 0 Å². The summed E-state index contributed by atoms with van der Waals surface area (Å²) in [5, 5.41) is 2.70. The van der Waals surface area contributed by atoms with Gasteiger partial charge in [-0.1, -0.05) is 6.07 Å². The lowest BCUT2D eigenvalue weighted by atomic mass is 10.1. The number of methoxy groups -OCH3 is 2. The molecule has 1 aliphatic rings. The monoisotopic (exact) mass is 223 g/mol. The van der Waals surface area contributed by atoms with Crippen LogP contribution in [0.3, 0.4) is 0 Å². The Balaban J connectivity index is 2.40. The minimum absolute atomic E-state index is 0.224. The predicted molar refractivity (Wildman–Crippen MR) is 56.8 cm³/mol. The molecule has 0 spiro atoms. The lowest BCUT2D eigenvalue weighted by Crippen LogP contribution is -2.19. The maximum Gasteiger partial charge on any atom is 0.407 e. The minimum Gasteiger partial charge on any atom is -0.496 e. The first-order valence-electron chi connectivity index (χ1n) is 4.90. The fourth-order valence-corrected chi connectivity index (χ4v) is 1.76. The third kappa shape index (κ3) is 1.76. The van der Waals surface area contributed by atoms with Crippen molar-refractivity contribution >= 4 is 6.09 Å². The Kier molecular flexibility index (Phi) is 2.85. The minimum atomic E-state index is -0.419. The van der Waals surface area contributed by atoms with E-state index in [-0.39, 0.29) is 12.6 Å². The average molecular weight is 223 g/mol. The molecule has 1 aromatic carbocycles. The lowest BCUT2D eigenvalue weighted by Gasteiger charge is -2.16. The number of hydrogen-bond acceptors (Lipinski definition) is 4. The number of cyclic esters (lactones) is 1. The zero-order valence-electron chi connectivity index (χ0n) is 9.15. The number of carbonyl (C=O) groups excluding carboxylic acids is 1. The van der Waals surface area contributed by atoms with E-state index in [1.165, 1.54) is 0 Å². The van der Waals surface area contributed by atoms with Gasteiger partial charge in [0.05, 0.1) is 25.8 Å². The summed E-state index contributed by atoms with van der Waals surface area (Å²) in [5.41, 5.74) is 0.804. The molecule has 0 aliphatic carbocycles. The van der Waals surface area contributed by atoms with Gasteiger partial charge in [0.1, 0.15) is 18.1 Å². The largest absolute Gasteiger partial charge is 0.496 e. The fraction of sp³-hybridized carbons (Fsp3) is 0.364. The van der Waals surface area contributed by atoms with Crippen LogP contribution in [0.25, 0.3) is 0 Å². The molecule has 1 aromatic rings. The SMILES string of the molecule is COc1cccc(OC)c1[C@H]1COC(=O)N1. The molecule has 1 heterocycles. The van der Waals surface area contributed by atoms with Gasteiger partial charge in [0.2, 0.25) is 0 Å². The highest BCUT2D eigenvalue weighted by molar-refractivity contribution is 5.71. The van der Waals surface area contributed by atoms with E-state index < -0.39 is 6.09 Å². The maximum absolute atomic E-state index is 11.0. The smallest absolute Gasteiger partial charge is 0.407 e. The number of rotatable bonds is 3. The summed E-state index contributed by atoms with van der Waals surface area (Å²) in [6.45, 7) is 0.287. The molecule has 0 saturated carbocycles. The van der Waals surface area contributed by atoms with Gasteiger partial charge in [-0.3, -0.25) is 0 Å². The Labute approximate surface area is 93.3 Å². The number of benzene rings is 1. The van der Waals surface area contributed by atoms with Crippen molar-refractivity contribution < 1.29 is 19.0 Å². The van der Waals surface area contributed by atoms with Gasteiger partial charge in [0, 0.05) is 0 Å². The zero-order chi connectivity index (χ0) is 11.5. The second kappa shape index (κ2) is 4.30. The molecule has 1 fully saturated rings. The topological polar surface area (TPSA) is 56.8 Å². The van der Waals surface area contributed by atoms with Crippen molar-refractivity contribution in [3.8, 4) is 11.5 Å². The summed E-state index contributed by atoms with van der Waals surface area (Å²) in [5.74, 6) is 1.35. The number of alkyl carbamates (subject to hydrolysis) is 1. The Morgan fingerprint density at radius 2 is 1.94 bits per heavy atom. The molecule has 2 rings (SSSR count). The molecule has 0 bridgehead atoms. The van der Waals surface area contributed by atoms with Gasteiger partial charge < -0.3 is 19.5 Å².